The maximum Gasteiger partial charge on any atom is 0.142 e. The van der Waals surface area contributed by atoms with E-state index in [-0.39, 0.29) is 0 Å². The van der Waals surface area contributed by atoms with E-state index in [4.69, 9.17) is 0 Å². The van der Waals surface area contributed by atoms with E-state index < -0.39 is 6.10 Å². The lowest BCUT2D eigenvalue weighted by Crippen LogP contribution is -2.09. The lowest BCUT2D eigenvalue weighted by Gasteiger charge is -2.14. The molecule has 0 amide bonds. The van der Waals surface area contributed by atoms with E-state index in [2.05, 4.69) is 36.8 Å². The Morgan fingerprint density at radius 2 is 2.18 bits per heavy atom. The number of aliphatic hydroxyl groups excluding tert-OH is 1. The molecule has 0 fully saturated rings. The quantitative estimate of drug-likeness (QED) is 0.910. The van der Waals surface area contributed by atoms with Gasteiger partial charge < -0.3 is 9.67 Å². The van der Waals surface area contributed by atoms with Crippen molar-refractivity contribution >= 4 is 31.9 Å². The monoisotopic (exact) mass is 358 g/mol. The first-order chi connectivity index (χ1) is 8.13. The van der Waals surface area contributed by atoms with E-state index >= 15 is 0 Å². The molecule has 2 rings (SSSR count). The zero-order valence-electron chi connectivity index (χ0n) is 9.27. The second-order valence-electron chi connectivity index (χ2n) is 3.64. The normalized spacial score (nSPS) is 12.7. The van der Waals surface area contributed by atoms with E-state index in [1.165, 1.54) is 0 Å². The lowest BCUT2D eigenvalue weighted by molar-refractivity contribution is 0.204. The molecule has 90 valence electrons. The third-order valence-electron chi connectivity index (χ3n) is 2.59. The molecule has 0 aliphatic heterocycles. The highest BCUT2D eigenvalue weighted by atomic mass is 79.9. The predicted molar refractivity (Wildman–Crippen MR) is 73.8 cm³/mol. The zero-order valence-corrected chi connectivity index (χ0v) is 12.4. The third-order valence-corrected chi connectivity index (χ3v) is 3.80. The minimum absolute atomic E-state index is 0.659. The van der Waals surface area contributed by atoms with Crippen LogP contribution in [0.1, 0.15) is 24.4 Å². The van der Waals surface area contributed by atoms with Crippen molar-refractivity contribution in [3.05, 3.63) is 50.9 Å². The molecule has 1 unspecified atom stereocenters. The van der Waals surface area contributed by atoms with Crippen LogP contribution >= 0.6 is 31.9 Å². The minimum atomic E-state index is -0.725. The number of benzene rings is 1. The number of imidazole rings is 1. The average molecular weight is 360 g/mol. The highest BCUT2D eigenvalue weighted by molar-refractivity contribution is 9.11. The van der Waals surface area contributed by atoms with Gasteiger partial charge in [0, 0.05) is 33.4 Å². The predicted octanol–water partition coefficient (Wildman–Crippen LogP) is 3.51. The Hall–Kier alpha value is -0.650. The summed E-state index contributed by atoms with van der Waals surface area (Å²) in [7, 11) is 0. The number of rotatable bonds is 3. The first kappa shape index (κ1) is 12.8. The van der Waals surface area contributed by atoms with E-state index in [1.54, 1.807) is 6.20 Å². The molecule has 1 aromatic heterocycles. The Balaban J connectivity index is 2.43. The second kappa shape index (κ2) is 5.33. The van der Waals surface area contributed by atoms with Crippen molar-refractivity contribution in [2.75, 3.05) is 0 Å². The van der Waals surface area contributed by atoms with Crippen LogP contribution in [0.15, 0.2) is 39.5 Å². The smallest absolute Gasteiger partial charge is 0.142 e. The number of aliphatic hydroxyl groups is 1. The summed E-state index contributed by atoms with van der Waals surface area (Å²) in [4.78, 5) is 4.21. The SMILES string of the molecule is CCn1ccnc1C(O)c1cc(Br)ccc1Br. The van der Waals surface area contributed by atoms with Gasteiger partial charge >= 0.3 is 0 Å². The number of nitrogens with zero attached hydrogens (tertiary/aromatic N) is 2. The molecule has 3 nitrogen and oxygen atoms in total. The number of halogens is 2. The fraction of sp³-hybridized carbons (Fsp3) is 0.250. The number of aryl methyl sites for hydroxylation is 1. The molecular weight excluding hydrogens is 348 g/mol. The Kier molecular flexibility index (Phi) is 4.01. The fourth-order valence-electron chi connectivity index (χ4n) is 1.70. The average Bonchev–Trinajstić information content (AvgIpc) is 2.79. The molecule has 0 aliphatic carbocycles. The van der Waals surface area contributed by atoms with Gasteiger partial charge in [-0.05, 0) is 25.1 Å². The summed E-state index contributed by atoms with van der Waals surface area (Å²) in [5.41, 5.74) is 0.806. The standard InChI is InChI=1S/C12H12Br2N2O/c1-2-16-6-5-15-12(16)11(17)9-7-8(13)3-4-10(9)14/h3-7,11,17H,2H2,1H3. The molecule has 0 radical (unpaired) electrons. The van der Waals surface area contributed by atoms with Crippen LogP contribution in [-0.2, 0) is 6.54 Å². The Bertz CT molecular complexity index is 525. The number of aromatic nitrogens is 2. The van der Waals surface area contributed by atoms with E-state index in [1.807, 2.05) is 35.9 Å². The van der Waals surface area contributed by atoms with Gasteiger partial charge in [-0.15, -0.1) is 0 Å². The summed E-state index contributed by atoms with van der Waals surface area (Å²) in [6.45, 7) is 2.81. The van der Waals surface area contributed by atoms with Gasteiger partial charge in [-0.3, -0.25) is 0 Å². The highest BCUT2D eigenvalue weighted by Crippen LogP contribution is 2.30. The lowest BCUT2D eigenvalue weighted by atomic mass is 10.1. The molecule has 2 aromatic rings. The van der Waals surface area contributed by atoms with Crippen LogP contribution in [0.4, 0.5) is 0 Å². The second-order valence-corrected chi connectivity index (χ2v) is 5.41. The Labute approximate surface area is 117 Å². The van der Waals surface area contributed by atoms with E-state index in [0.717, 1.165) is 21.1 Å². The molecule has 1 heterocycles. The van der Waals surface area contributed by atoms with Crippen molar-refractivity contribution < 1.29 is 5.11 Å². The molecule has 0 bridgehead atoms. The molecule has 5 heteroatoms. The first-order valence-corrected chi connectivity index (χ1v) is 6.86. The number of hydrogen-bond donors (Lipinski definition) is 1. The third kappa shape index (κ3) is 2.61. The van der Waals surface area contributed by atoms with Crippen LogP contribution in [0, 0.1) is 0 Å². The van der Waals surface area contributed by atoms with E-state index in [0.29, 0.717) is 5.82 Å². The van der Waals surface area contributed by atoms with Crippen molar-refractivity contribution in [3.63, 3.8) is 0 Å². The van der Waals surface area contributed by atoms with Gasteiger partial charge in [0.05, 0.1) is 0 Å². The molecule has 1 N–H and O–H groups in total. The zero-order chi connectivity index (χ0) is 12.4. The summed E-state index contributed by atoms with van der Waals surface area (Å²) in [5.74, 6) is 0.659. The topological polar surface area (TPSA) is 38.0 Å². The maximum atomic E-state index is 10.4. The van der Waals surface area contributed by atoms with Gasteiger partial charge in [0.25, 0.3) is 0 Å². The summed E-state index contributed by atoms with van der Waals surface area (Å²) >= 11 is 6.85. The summed E-state index contributed by atoms with van der Waals surface area (Å²) in [6.07, 6.45) is 2.84. The summed E-state index contributed by atoms with van der Waals surface area (Å²) in [6, 6.07) is 5.72. The van der Waals surface area contributed by atoms with Crippen LogP contribution < -0.4 is 0 Å². The molecule has 0 spiro atoms. The first-order valence-electron chi connectivity index (χ1n) is 5.27. The maximum absolute atomic E-state index is 10.4. The largest absolute Gasteiger partial charge is 0.380 e. The molecular formula is C12H12Br2N2O. The summed E-state index contributed by atoms with van der Waals surface area (Å²) in [5, 5.41) is 10.4. The van der Waals surface area contributed by atoms with Crippen LogP contribution in [0.3, 0.4) is 0 Å². The van der Waals surface area contributed by atoms with Crippen molar-refractivity contribution in [1.29, 1.82) is 0 Å². The highest BCUT2D eigenvalue weighted by Gasteiger charge is 2.18. The van der Waals surface area contributed by atoms with Gasteiger partial charge in [0.15, 0.2) is 0 Å². The fourth-order valence-corrected chi connectivity index (χ4v) is 2.54. The minimum Gasteiger partial charge on any atom is -0.380 e. The van der Waals surface area contributed by atoms with Crippen molar-refractivity contribution in [3.8, 4) is 0 Å². The van der Waals surface area contributed by atoms with Gasteiger partial charge in [-0.25, -0.2) is 4.98 Å². The van der Waals surface area contributed by atoms with Crippen LogP contribution in [0.25, 0.3) is 0 Å². The number of hydrogen-bond acceptors (Lipinski definition) is 2. The van der Waals surface area contributed by atoms with Crippen LogP contribution in [-0.4, -0.2) is 14.7 Å². The van der Waals surface area contributed by atoms with Gasteiger partial charge in [0.2, 0.25) is 0 Å². The molecule has 1 aromatic carbocycles. The molecule has 17 heavy (non-hydrogen) atoms. The van der Waals surface area contributed by atoms with Crippen molar-refractivity contribution in [2.45, 2.75) is 19.6 Å². The van der Waals surface area contributed by atoms with Gasteiger partial charge in [0.1, 0.15) is 11.9 Å². The van der Waals surface area contributed by atoms with Gasteiger partial charge in [-0.2, -0.15) is 0 Å². The summed E-state index contributed by atoms with van der Waals surface area (Å²) < 4.78 is 3.74. The van der Waals surface area contributed by atoms with Crippen molar-refractivity contribution in [2.24, 2.45) is 0 Å². The Morgan fingerprint density at radius 3 is 2.88 bits per heavy atom. The molecule has 0 saturated carbocycles. The Morgan fingerprint density at radius 1 is 1.41 bits per heavy atom. The van der Waals surface area contributed by atoms with Crippen molar-refractivity contribution in [1.82, 2.24) is 9.55 Å². The van der Waals surface area contributed by atoms with E-state index in [9.17, 15) is 5.11 Å². The van der Waals surface area contributed by atoms with Gasteiger partial charge in [-0.1, -0.05) is 31.9 Å². The molecule has 0 saturated heterocycles. The van der Waals surface area contributed by atoms with Crippen LogP contribution in [0.5, 0.6) is 0 Å². The molecule has 0 aliphatic rings. The van der Waals surface area contributed by atoms with Crippen LogP contribution in [0.2, 0.25) is 0 Å². The molecule has 1 atom stereocenters.